The first-order chi connectivity index (χ1) is 12.2. The Balaban J connectivity index is 2.21. The number of carbonyl (C=O) groups excluding carboxylic acids is 1. The highest BCUT2D eigenvalue weighted by atomic mass is 16.5. The van der Waals surface area contributed by atoms with E-state index in [0.717, 1.165) is 11.1 Å². The van der Waals surface area contributed by atoms with Crippen molar-refractivity contribution in [1.29, 1.82) is 0 Å². The van der Waals surface area contributed by atoms with Crippen molar-refractivity contribution in [2.75, 3.05) is 20.2 Å². The second-order valence-corrected chi connectivity index (χ2v) is 7.45. The zero-order chi connectivity index (χ0) is 19.3. The van der Waals surface area contributed by atoms with Crippen LogP contribution in [0.4, 0.5) is 4.79 Å². The van der Waals surface area contributed by atoms with Gasteiger partial charge in [0, 0.05) is 37.6 Å². The molecule has 1 aromatic rings. The predicted octanol–water partition coefficient (Wildman–Crippen LogP) is 3.69. The van der Waals surface area contributed by atoms with Crippen molar-refractivity contribution in [3.8, 4) is 5.75 Å². The number of carbonyl (C=O) groups is 2. The van der Waals surface area contributed by atoms with Gasteiger partial charge in [-0.05, 0) is 23.1 Å². The molecule has 26 heavy (non-hydrogen) atoms. The van der Waals surface area contributed by atoms with Crippen LogP contribution >= 0.6 is 0 Å². The summed E-state index contributed by atoms with van der Waals surface area (Å²) in [6, 6.07) is 5.96. The summed E-state index contributed by atoms with van der Waals surface area (Å²) >= 11 is 0. The summed E-state index contributed by atoms with van der Waals surface area (Å²) in [5, 5.41) is 9.06. The Morgan fingerprint density at radius 3 is 2.42 bits per heavy atom. The van der Waals surface area contributed by atoms with Crippen molar-refractivity contribution in [1.82, 2.24) is 4.90 Å². The molecule has 0 unspecified atom stereocenters. The molecule has 0 atom stereocenters. The molecular formula is C20H27NO5. The zero-order valence-corrected chi connectivity index (χ0v) is 15.8. The third-order valence-electron chi connectivity index (χ3n) is 4.49. The van der Waals surface area contributed by atoms with E-state index in [9.17, 15) is 9.59 Å². The van der Waals surface area contributed by atoms with E-state index in [1.54, 1.807) is 6.08 Å². The lowest BCUT2D eigenvalue weighted by Gasteiger charge is -2.31. The summed E-state index contributed by atoms with van der Waals surface area (Å²) in [5.41, 5.74) is 1.89. The lowest BCUT2D eigenvalue weighted by molar-refractivity contribution is -0.134. The van der Waals surface area contributed by atoms with E-state index in [4.69, 9.17) is 9.84 Å². The van der Waals surface area contributed by atoms with Gasteiger partial charge in [-0.1, -0.05) is 32.9 Å². The van der Waals surface area contributed by atoms with E-state index in [1.807, 2.05) is 18.2 Å². The highest BCUT2D eigenvalue weighted by molar-refractivity contribution is 5.87. The third kappa shape index (κ3) is 5.25. The number of nitrogens with zero attached hydrogens (tertiary/aromatic N) is 1. The Bertz CT molecular complexity index is 682. The van der Waals surface area contributed by atoms with Gasteiger partial charge in [0.1, 0.15) is 11.9 Å². The minimum atomic E-state index is -0.889. The number of likely N-dealkylation sites (tertiary alicyclic amines) is 1. The number of methoxy groups -OCH3 is 1. The first-order valence-electron chi connectivity index (χ1n) is 8.76. The molecule has 0 radical (unpaired) electrons. The second kappa shape index (κ2) is 8.25. The molecule has 6 nitrogen and oxygen atoms in total. The minimum absolute atomic E-state index is 0.0324. The molecule has 0 aromatic heterocycles. The molecule has 1 heterocycles. The molecule has 1 fully saturated rings. The van der Waals surface area contributed by atoms with Crippen molar-refractivity contribution >= 4 is 18.1 Å². The van der Waals surface area contributed by atoms with Gasteiger partial charge in [-0.15, -0.1) is 0 Å². The summed E-state index contributed by atoms with van der Waals surface area (Å²) in [6.45, 7) is 7.31. The molecule has 1 aliphatic rings. The van der Waals surface area contributed by atoms with Gasteiger partial charge in [0.15, 0.2) is 0 Å². The number of hydrogen-bond donors (Lipinski definition) is 1. The molecule has 1 aromatic carbocycles. The molecule has 1 amide bonds. The van der Waals surface area contributed by atoms with E-state index in [0.29, 0.717) is 31.7 Å². The lowest BCUT2D eigenvalue weighted by Crippen LogP contribution is -2.41. The van der Waals surface area contributed by atoms with Crippen molar-refractivity contribution in [3.63, 3.8) is 0 Å². The van der Waals surface area contributed by atoms with E-state index in [-0.39, 0.29) is 11.5 Å². The molecule has 0 spiro atoms. The number of benzene rings is 1. The summed E-state index contributed by atoms with van der Waals surface area (Å²) in [7, 11) is 1.34. The van der Waals surface area contributed by atoms with Crippen LogP contribution < -0.4 is 4.74 Å². The molecular weight excluding hydrogens is 334 g/mol. The second-order valence-electron chi connectivity index (χ2n) is 7.45. The Morgan fingerprint density at radius 2 is 1.88 bits per heavy atom. The van der Waals surface area contributed by atoms with Gasteiger partial charge in [0.05, 0.1) is 7.11 Å². The Hall–Kier alpha value is -2.50. The molecule has 142 valence electrons. The maximum atomic E-state index is 11.4. The molecule has 0 saturated carbocycles. The quantitative estimate of drug-likeness (QED) is 0.654. The van der Waals surface area contributed by atoms with Gasteiger partial charge in [0.25, 0.3) is 0 Å². The van der Waals surface area contributed by atoms with E-state index < -0.39 is 12.1 Å². The van der Waals surface area contributed by atoms with Gasteiger partial charge >= 0.3 is 12.1 Å². The van der Waals surface area contributed by atoms with E-state index in [1.165, 1.54) is 18.1 Å². The van der Waals surface area contributed by atoms with Gasteiger partial charge in [0.2, 0.25) is 0 Å². The number of esters is 1. The van der Waals surface area contributed by atoms with Gasteiger partial charge in [-0.3, -0.25) is 0 Å². The zero-order valence-electron chi connectivity index (χ0n) is 15.8. The average molecular weight is 361 g/mol. The number of carboxylic acid groups (broad SMARTS) is 1. The lowest BCUT2D eigenvalue weighted by atomic mass is 9.86. The molecule has 1 saturated heterocycles. The molecule has 0 bridgehead atoms. The summed E-state index contributed by atoms with van der Waals surface area (Å²) in [5.74, 6) is 0.275. The predicted molar refractivity (Wildman–Crippen MR) is 99.4 cm³/mol. The molecule has 1 aliphatic heterocycles. The van der Waals surface area contributed by atoms with Crippen molar-refractivity contribution in [3.05, 3.63) is 35.4 Å². The van der Waals surface area contributed by atoms with Crippen LogP contribution in [0.15, 0.2) is 24.3 Å². The van der Waals surface area contributed by atoms with Crippen LogP contribution in [0.1, 0.15) is 44.7 Å². The monoisotopic (exact) mass is 361 g/mol. The average Bonchev–Trinajstić information content (AvgIpc) is 2.59. The largest absolute Gasteiger partial charge is 0.490 e. The standard InChI is InChI=1S/C20H27NO5/c1-20(2,3)15-7-5-14(6-8-18(22)25-4)17(13-15)26-16-9-11-21(12-10-16)19(23)24/h5-8,13,16H,9-12H2,1-4H3,(H,23,24). The fraction of sp³-hybridized carbons (Fsp3) is 0.500. The van der Waals surface area contributed by atoms with Gasteiger partial charge in [-0.25, -0.2) is 9.59 Å². The van der Waals surface area contributed by atoms with Crippen LogP contribution in [0.2, 0.25) is 0 Å². The number of piperidine rings is 1. The molecule has 1 N–H and O–H groups in total. The van der Waals surface area contributed by atoms with Crippen molar-refractivity contribution in [2.45, 2.75) is 45.1 Å². The Kier molecular flexibility index (Phi) is 6.29. The van der Waals surface area contributed by atoms with E-state index in [2.05, 4.69) is 25.5 Å². The molecule has 6 heteroatoms. The Morgan fingerprint density at radius 1 is 1.23 bits per heavy atom. The third-order valence-corrected chi connectivity index (χ3v) is 4.49. The van der Waals surface area contributed by atoms with Gasteiger partial charge in [-0.2, -0.15) is 0 Å². The summed E-state index contributed by atoms with van der Waals surface area (Å²) < 4.78 is 10.8. The van der Waals surface area contributed by atoms with Gasteiger partial charge < -0.3 is 19.5 Å². The topological polar surface area (TPSA) is 76.1 Å². The van der Waals surface area contributed by atoms with Crippen LogP contribution in [0.5, 0.6) is 5.75 Å². The normalized spacial score (nSPS) is 15.9. The number of hydrogen-bond acceptors (Lipinski definition) is 4. The van der Waals surface area contributed by atoms with Crippen molar-refractivity contribution in [2.24, 2.45) is 0 Å². The SMILES string of the molecule is COC(=O)C=Cc1ccc(C(C)(C)C)cc1OC1CCN(C(=O)O)CC1. The van der Waals surface area contributed by atoms with Crippen molar-refractivity contribution < 1.29 is 24.2 Å². The van der Waals surface area contributed by atoms with Crippen LogP contribution in [0, 0.1) is 0 Å². The fourth-order valence-electron chi connectivity index (χ4n) is 2.81. The smallest absolute Gasteiger partial charge is 0.407 e. The highest BCUT2D eigenvalue weighted by Crippen LogP contribution is 2.31. The van der Waals surface area contributed by atoms with Crippen LogP contribution in [0.25, 0.3) is 6.08 Å². The summed E-state index contributed by atoms with van der Waals surface area (Å²) in [6.07, 6.45) is 3.40. The first-order valence-corrected chi connectivity index (χ1v) is 8.76. The van der Waals surface area contributed by atoms with Crippen LogP contribution in [0.3, 0.4) is 0 Å². The number of ether oxygens (including phenoxy) is 2. The number of amides is 1. The highest BCUT2D eigenvalue weighted by Gasteiger charge is 2.24. The fourth-order valence-corrected chi connectivity index (χ4v) is 2.81. The van der Waals surface area contributed by atoms with Crippen LogP contribution in [-0.2, 0) is 14.9 Å². The maximum Gasteiger partial charge on any atom is 0.407 e. The Labute approximate surface area is 154 Å². The summed E-state index contributed by atoms with van der Waals surface area (Å²) in [4.78, 5) is 23.8. The molecule has 2 rings (SSSR count). The molecule has 0 aliphatic carbocycles. The minimum Gasteiger partial charge on any atom is -0.490 e. The first kappa shape index (κ1) is 19.8. The van der Waals surface area contributed by atoms with E-state index >= 15 is 0 Å². The number of rotatable bonds is 4. The maximum absolute atomic E-state index is 11.4. The van der Waals surface area contributed by atoms with Crippen LogP contribution in [-0.4, -0.2) is 48.4 Å².